The summed E-state index contributed by atoms with van der Waals surface area (Å²) in [6, 6.07) is 0. The topological polar surface area (TPSA) is 49.3 Å². The molecule has 182 valence electrons. The third-order valence-electron chi connectivity index (χ3n) is 5.44. The van der Waals surface area contributed by atoms with Crippen molar-refractivity contribution in [3.05, 3.63) is 0 Å². The Morgan fingerprint density at radius 2 is 0.900 bits per heavy atom. The van der Waals surface area contributed by atoms with Gasteiger partial charge in [-0.25, -0.2) is 0 Å². The van der Waals surface area contributed by atoms with E-state index in [-0.39, 0.29) is 0 Å². The number of rotatable bonds is 20. The Labute approximate surface area is 190 Å². The van der Waals surface area contributed by atoms with Crippen molar-refractivity contribution in [2.24, 2.45) is 17.8 Å². The largest absolute Gasteiger partial charge is 0.481 e. The summed E-state index contributed by atoms with van der Waals surface area (Å²) in [5, 5.41) is 11.9. The second kappa shape index (κ2) is 24.7. The first-order valence-corrected chi connectivity index (χ1v) is 13.2. The van der Waals surface area contributed by atoms with Crippen molar-refractivity contribution in [1.82, 2.24) is 5.32 Å². The van der Waals surface area contributed by atoms with Crippen LogP contribution in [0.4, 0.5) is 0 Å². The van der Waals surface area contributed by atoms with E-state index in [4.69, 9.17) is 5.11 Å². The normalized spacial score (nSPS) is 11.2. The average molecular weight is 428 g/mol. The lowest BCUT2D eigenvalue weighted by atomic mass is 10.0. The zero-order valence-electron chi connectivity index (χ0n) is 21.6. The van der Waals surface area contributed by atoms with Crippen molar-refractivity contribution in [2.75, 3.05) is 13.1 Å². The Morgan fingerprint density at radius 1 is 0.567 bits per heavy atom. The zero-order valence-corrected chi connectivity index (χ0v) is 21.6. The number of hydrogen-bond donors (Lipinski definition) is 2. The van der Waals surface area contributed by atoms with Crippen molar-refractivity contribution in [1.29, 1.82) is 0 Å². The van der Waals surface area contributed by atoms with Gasteiger partial charge in [0.15, 0.2) is 0 Å². The van der Waals surface area contributed by atoms with E-state index in [1.54, 1.807) is 0 Å². The monoisotopic (exact) mass is 427 g/mol. The van der Waals surface area contributed by atoms with Crippen LogP contribution in [0.1, 0.15) is 138 Å². The molecule has 0 aliphatic carbocycles. The van der Waals surface area contributed by atoms with Gasteiger partial charge in [-0.15, -0.1) is 0 Å². The van der Waals surface area contributed by atoms with Crippen LogP contribution in [0.25, 0.3) is 0 Å². The van der Waals surface area contributed by atoms with E-state index in [2.05, 4.69) is 46.9 Å². The molecule has 0 fully saturated rings. The summed E-state index contributed by atoms with van der Waals surface area (Å²) < 4.78 is 0. The van der Waals surface area contributed by atoms with Crippen LogP contribution in [0.5, 0.6) is 0 Å². The number of hydrogen-bond acceptors (Lipinski definition) is 2. The number of nitrogens with one attached hydrogen (secondary N) is 1. The van der Waals surface area contributed by atoms with Crippen molar-refractivity contribution in [3.63, 3.8) is 0 Å². The van der Waals surface area contributed by atoms with Gasteiger partial charge < -0.3 is 10.4 Å². The first kappa shape index (κ1) is 31.6. The number of aliphatic carboxylic acids is 1. The van der Waals surface area contributed by atoms with Crippen LogP contribution in [0.15, 0.2) is 0 Å². The third-order valence-corrected chi connectivity index (χ3v) is 5.44. The Bertz CT molecular complexity index is 322. The minimum Gasteiger partial charge on any atom is -0.481 e. The van der Waals surface area contributed by atoms with Gasteiger partial charge in [-0.05, 0) is 50.1 Å². The van der Waals surface area contributed by atoms with E-state index < -0.39 is 5.97 Å². The van der Waals surface area contributed by atoms with Crippen LogP contribution in [0.3, 0.4) is 0 Å². The molecule has 0 aromatic rings. The lowest BCUT2D eigenvalue weighted by Gasteiger charge is -2.06. The molecule has 0 amide bonds. The highest BCUT2D eigenvalue weighted by Gasteiger charge is 1.98. The summed E-state index contributed by atoms with van der Waals surface area (Å²) >= 11 is 0. The summed E-state index contributed by atoms with van der Waals surface area (Å²) in [5.41, 5.74) is 0. The first-order chi connectivity index (χ1) is 14.3. The zero-order chi connectivity index (χ0) is 23.0. The molecular weight excluding hydrogens is 370 g/mol. The maximum absolute atomic E-state index is 10.1. The van der Waals surface area contributed by atoms with Crippen molar-refractivity contribution < 1.29 is 9.90 Å². The summed E-state index contributed by atoms with van der Waals surface area (Å²) in [4.78, 5) is 10.1. The lowest BCUT2D eigenvalue weighted by molar-refractivity contribution is -0.137. The van der Waals surface area contributed by atoms with Gasteiger partial charge >= 0.3 is 5.97 Å². The predicted molar refractivity (Wildman–Crippen MR) is 134 cm³/mol. The molecule has 0 heterocycles. The second-order valence-electron chi connectivity index (χ2n) is 10.3. The van der Waals surface area contributed by atoms with Crippen LogP contribution >= 0.6 is 0 Å². The van der Waals surface area contributed by atoms with Crippen molar-refractivity contribution in [3.8, 4) is 0 Å². The molecule has 0 atom stereocenters. The van der Waals surface area contributed by atoms with Gasteiger partial charge in [-0.1, -0.05) is 112 Å². The van der Waals surface area contributed by atoms with Crippen molar-refractivity contribution >= 4 is 5.97 Å². The molecule has 3 heteroatoms. The van der Waals surface area contributed by atoms with Crippen molar-refractivity contribution in [2.45, 2.75) is 138 Å². The van der Waals surface area contributed by atoms with Crippen LogP contribution in [0.2, 0.25) is 0 Å². The molecule has 0 saturated heterocycles. The highest BCUT2D eigenvalue weighted by Crippen LogP contribution is 2.10. The van der Waals surface area contributed by atoms with Gasteiger partial charge in [0.25, 0.3) is 0 Å². The summed E-state index contributed by atoms with van der Waals surface area (Å²) in [6.45, 7) is 16.1. The molecule has 0 aromatic carbocycles. The highest BCUT2D eigenvalue weighted by molar-refractivity contribution is 5.66. The molecule has 0 saturated carbocycles. The van der Waals surface area contributed by atoms with Crippen LogP contribution < -0.4 is 5.32 Å². The van der Waals surface area contributed by atoms with Crippen LogP contribution in [-0.2, 0) is 4.79 Å². The standard InChI is InChI=1S/C18H39N.C9H18O2/c1-17(2)13-9-5-7-11-15-19-16-12-8-6-10-14-18(3)4;1-8(2)6-4-3-5-7-9(10)11/h17-19H,5-16H2,1-4H3;8H,3-7H2,1-2H3,(H,10,11). The number of carboxylic acid groups (broad SMARTS) is 1. The van der Waals surface area contributed by atoms with E-state index in [9.17, 15) is 4.79 Å². The SMILES string of the molecule is CC(C)CCCCCC(=O)O.CC(C)CCCCCCNCCCCCCC(C)C. The molecule has 0 rings (SSSR count). The van der Waals surface area contributed by atoms with E-state index >= 15 is 0 Å². The number of unbranched alkanes of at least 4 members (excludes halogenated alkanes) is 8. The minimum atomic E-state index is -0.672. The molecule has 2 N–H and O–H groups in total. The molecule has 0 aromatic heterocycles. The lowest BCUT2D eigenvalue weighted by Crippen LogP contribution is -2.16. The number of carbonyl (C=O) groups is 1. The molecule has 0 unspecified atom stereocenters. The van der Waals surface area contributed by atoms with Gasteiger partial charge in [0.2, 0.25) is 0 Å². The summed E-state index contributed by atoms with van der Waals surface area (Å²) in [5.74, 6) is 1.84. The Morgan fingerprint density at radius 3 is 1.23 bits per heavy atom. The van der Waals surface area contributed by atoms with Crippen LogP contribution in [0, 0.1) is 17.8 Å². The minimum absolute atomic E-state index is 0.331. The average Bonchev–Trinajstić information content (AvgIpc) is 2.64. The Balaban J connectivity index is 0. The van der Waals surface area contributed by atoms with Gasteiger partial charge in [0.05, 0.1) is 0 Å². The number of carboxylic acids is 1. The molecule has 0 radical (unpaired) electrons. The Kier molecular flexibility index (Phi) is 26.0. The van der Waals surface area contributed by atoms with Gasteiger partial charge in [-0.2, -0.15) is 0 Å². The van der Waals surface area contributed by atoms with E-state index in [1.165, 1.54) is 90.1 Å². The summed E-state index contributed by atoms with van der Waals surface area (Å²) in [6.07, 6.45) is 18.7. The van der Waals surface area contributed by atoms with Gasteiger partial charge in [0.1, 0.15) is 0 Å². The van der Waals surface area contributed by atoms with E-state index in [0.717, 1.165) is 30.6 Å². The third kappa shape index (κ3) is 34.9. The molecule has 0 bridgehead atoms. The highest BCUT2D eigenvalue weighted by atomic mass is 16.4. The molecule has 30 heavy (non-hydrogen) atoms. The maximum Gasteiger partial charge on any atom is 0.303 e. The fraction of sp³-hybridized carbons (Fsp3) is 0.963. The van der Waals surface area contributed by atoms with Crippen LogP contribution in [-0.4, -0.2) is 24.2 Å². The fourth-order valence-corrected chi connectivity index (χ4v) is 3.44. The Hall–Kier alpha value is -0.570. The predicted octanol–water partition coefficient (Wildman–Crippen LogP) is 8.47. The maximum atomic E-state index is 10.1. The smallest absolute Gasteiger partial charge is 0.303 e. The van der Waals surface area contributed by atoms with E-state index in [1.807, 2.05) is 0 Å². The summed E-state index contributed by atoms with van der Waals surface area (Å²) in [7, 11) is 0. The second-order valence-corrected chi connectivity index (χ2v) is 10.3. The first-order valence-electron chi connectivity index (χ1n) is 13.2. The molecule has 3 nitrogen and oxygen atoms in total. The van der Waals surface area contributed by atoms with Gasteiger partial charge in [0, 0.05) is 6.42 Å². The molecular formula is C27H57NO2. The molecule has 0 aliphatic heterocycles. The van der Waals surface area contributed by atoms with Gasteiger partial charge in [-0.3, -0.25) is 4.79 Å². The quantitative estimate of drug-likeness (QED) is 0.191. The molecule has 0 spiro atoms. The molecule has 0 aliphatic rings. The van der Waals surface area contributed by atoms with E-state index in [0.29, 0.717) is 6.42 Å². The fourth-order valence-electron chi connectivity index (χ4n) is 3.44.